The third-order valence-corrected chi connectivity index (χ3v) is 2.18. The molecule has 0 fully saturated rings. The molecule has 0 atom stereocenters. The van der Waals surface area contributed by atoms with Gasteiger partial charge in [-0.2, -0.15) is 0 Å². The monoisotopic (exact) mass is 230 g/mol. The second kappa shape index (κ2) is 9.46. The normalized spacial score (nSPS) is 8.24. The predicted molar refractivity (Wildman–Crippen MR) is 75.4 cm³/mol. The smallest absolute Gasteiger partial charge is 0.115 e. The number of phenols is 1. The summed E-state index contributed by atoms with van der Waals surface area (Å²) in [6.45, 7) is 8.24. The SMILES string of the molecule is CC.Cc1ccccc1C.Oc1ccccc1. The number of rotatable bonds is 0. The molecule has 0 aliphatic carbocycles. The van der Waals surface area contributed by atoms with E-state index in [4.69, 9.17) is 5.11 Å². The quantitative estimate of drug-likeness (QED) is 0.694. The number of aryl methyl sites for hydroxylation is 2. The van der Waals surface area contributed by atoms with E-state index < -0.39 is 0 Å². The maximum absolute atomic E-state index is 8.63. The van der Waals surface area contributed by atoms with Crippen molar-refractivity contribution in [1.29, 1.82) is 0 Å². The fraction of sp³-hybridized carbons (Fsp3) is 0.250. The Morgan fingerprint density at radius 3 is 1.24 bits per heavy atom. The van der Waals surface area contributed by atoms with Gasteiger partial charge in [-0.05, 0) is 37.1 Å². The third-order valence-electron chi connectivity index (χ3n) is 2.18. The van der Waals surface area contributed by atoms with Gasteiger partial charge in [-0.1, -0.05) is 56.3 Å². The molecule has 0 radical (unpaired) electrons. The van der Waals surface area contributed by atoms with E-state index in [2.05, 4.69) is 38.1 Å². The summed E-state index contributed by atoms with van der Waals surface area (Å²) in [6.07, 6.45) is 0. The molecule has 0 heterocycles. The molecular weight excluding hydrogens is 208 g/mol. The van der Waals surface area contributed by atoms with E-state index in [-0.39, 0.29) is 0 Å². The van der Waals surface area contributed by atoms with Crippen LogP contribution in [0.4, 0.5) is 0 Å². The number of para-hydroxylation sites is 1. The summed E-state index contributed by atoms with van der Waals surface area (Å²) in [5, 5.41) is 8.63. The zero-order chi connectivity index (χ0) is 13.1. The third kappa shape index (κ3) is 7.18. The van der Waals surface area contributed by atoms with Crippen molar-refractivity contribution in [3.63, 3.8) is 0 Å². The summed E-state index contributed by atoms with van der Waals surface area (Å²) in [7, 11) is 0. The van der Waals surface area contributed by atoms with Crippen molar-refractivity contribution < 1.29 is 5.11 Å². The maximum atomic E-state index is 8.63. The molecule has 1 N–H and O–H groups in total. The van der Waals surface area contributed by atoms with E-state index in [0.29, 0.717) is 5.75 Å². The highest BCUT2D eigenvalue weighted by Gasteiger charge is 1.83. The Bertz CT molecular complexity index is 372. The van der Waals surface area contributed by atoms with Gasteiger partial charge in [-0.15, -0.1) is 0 Å². The van der Waals surface area contributed by atoms with E-state index in [0.717, 1.165) is 0 Å². The minimum absolute atomic E-state index is 0.322. The lowest BCUT2D eigenvalue weighted by Crippen LogP contribution is -1.74. The van der Waals surface area contributed by atoms with Gasteiger partial charge in [0.15, 0.2) is 0 Å². The second-order valence-electron chi connectivity index (χ2n) is 3.42. The molecule has 1 heteroatoms. The Kier molecular flexibility index (Phi) is 8.48. The zero-order valence-corrected chi connectivity index (χ0v) is 11.1. The summed E-state index contributed by atoms with van der Waals surface area (Å²) >= 11 is 0. The zero-order valence-electron chi connectivity index (χ0n) is 11.1. The molecule has 0 amide bonds. The van der Waals surface area contributed by atoms with Crippen LogP contribution in [-0.2, 0) is 0 Å². The van der Waals surface area contributed by atoms with Crippen LogP contribution in [0.1, 0.15) is 25.0 Å². The van der Waals surface area contributed by atoms with Gasteiger partial charge in [0.25, 0.3) is 0 Å². The molecule has 92 valence electrons. The molecular formula is C16H22O. The van der Waals surface area contributed by atoms with Crippen molar-refractivity contribution in [3.8, 4) is 5.75 Å². The van der Waals surface area contributed by atoms with E-state index >= 15 is 0 Å². The predicted octanol–water partition coefficient (Wildman–Crippen LogP) is 4.72. The van der Waals surface area contributed by atoms with Crippen molar-refractivity contribution in [2.45, 2.75) is 27.7 Å². The Labute approximate surface area is 105 Å². The molecule has 0 aliphatic heterocycles. The van der Waals surface area contributed by atoms with Gasteiger partial charge < -0.3 is 5.11 Å². The van der Waals surface area contributed by atoms with Crippen LogP contribution in [0.3, 0.4) is 0 Å². The Hall–Kier alpha value is -1.76. The average Bonchev–Trinajstić information content (AvgIpc) is 2.37. The summed E-state index contributed by atoms with van der Waals surface area (Å²) in [5.41, 5.74) is 2.74. The molecule has 0 saturated carbocycles. The first kappa shape index (κ1) is 15.2. The first-order valence-electron chi connectivity index (χ1n) is 5.96. The Morgan fingerprint density at radius 1 is 0.647 bits per heavy atom. The molecule has 0 spiro atoms. The van der Waals surface area contributed by atoms with Gasteiger partial charge in [0.05, 0.1) is 0 Å². The molecule has 2 aromatic carbocycles. The minimum Gasteiger partial charge on any atom is -0.508 e. The second-order valence-corrected chi connectivity index (χ2v) is 3.42. The average molecular weight is 230 g/mol. The maximum Gasteiger partial charge on any atom is 0.115 e. The fourth-order valence-electron chi connectivity index (χ4n) is 1.09. The molecule has 0 bridgehead atoms. The van der Waals surface area contributed by atoms with Gasteiger partial charge in [-0.25, -0.2) is 0 Å². The van der Waals surface area contributed by atoms with Gasteiger partial charge in [0, 0.05) is 0 Å². The summed E-state index contributed by atoms with van der Waals surface area (Å²) in [5.74, 6) is 0.322. The van der Waals surface area contributed by atoms with Gasteiger partial charge in [0.1, 0.15) is 5.75 Å². The summed E-state index contributed by atoms with van der Waals surface area (Å²) < 4.78 is 0. The highest BCUT2D eigenvalue weighted by atomic mass is 16.3. The number of hydrogen-bond donors (Lipinski definition) is 1. The molecule has 1 nitrogen and oxygen atoms in total. The van der Waals surface area contributed by atoms with E-state index in [1.54, 1.807) is 24.3 Å². The van der Waals surface area contributed by atoms with Crippen LogP contribution in [0.15, 0.2) is 54.6 Å². The first-order valence-corrected chi connectivity index (χ1v) is 5.96. The molecule has 2 rings (SSSR count). The molecule has 0 aromatic heterocycles. The van der Waals surface area contributed by atoms with E-state index in [1.807, 2.05) is 19.9 Å². The van der Waals surface area contributed by atoms with Crippen LogP contribution in [0.25, 0.3) is 0 Å². The lowest BCUT2D eigenvalue weighted by molar-refractivity contribution is 0.475. The number of benzene rings is 2. The summed E-state index contributed by atoms with van der Waals surface area (Å²) in [6, 6.07) is 17.1. The van der Waals surface area contributed by atoms with E-state index in [1.165, 1.54) is 11.1 Å². The Balaban J connectivity index is 0.000000265. The Morgan fingerprint density at radius 2 is 1.00 bits per heavy atom. The van der Waals surface area contributed by atoms with Crippen molar-refractivity contribution in [3.05, 3.63) is 65.7 Å². The standard InChI is InChI=1S/C8H10.C6H6O.C2H6/c1-7-5-3-4-6-8(7)2;7-6-4-2-1-3-5-6;1-2/h3-6H,1-2H3;1-5,7H;1-2H3. The lowest BCUT2D eigenvalue weighted by Gasteiger charge is -1.93. The number of phenolic OH excluding ortho intramolecular Hbond substituents is 1. The van der Waals surface area contributed by atoms with Crippen LogP contribution >= 0.6 is 0 Å². The topological polar surface area (TPSA) is 20.2 Å². The fourth-order valence-corrected chi connectivity index (χ4v) is 1.09. The molecule has 17 heavy (non-hydrogen) atoms. The van der Waals surface area contributed by atoms with Gasteiger partial charge >= 0.3 is 0 Å². The largest absolute Gasteiger partial charge is 0.508 e. The molecule has 0 saturated heterocycles. The van der Waals surface area contributed by atoms with Crippen molar-refractivity contribution >= 4 is 0 Å². The molecule has 0 unspecified atom stereocenters. The van der Waals surface area contributed by atoms with Gasteiger partial charge in [-0.3, -0.25) is 0 Å². The number of hydrogen-bond acceptors (Lipinski definition) is 1. The number of aromatic hydroxyl groups is 1. The highest BCUT2D eigenvalue weighted by molar-refractivity contribution is 5.23. The molecule has 0 aliphatic rings. The first-order chi connectivity index (χ1) is 8.20. The van der Waals surface area contributed by atoms with Crippen LogP contribution in [0, 0.1) is 13.8 Å². The highest BCUT2D eigenvalue weighted by Crippen LogP contribution is 2.03. The van der Waals surface area contributed by atoms with Crippen LogP contribution < -0.4 is 0 Å². The van der Waals surface area contributed by atoms with Crippen LogP contribution in [-0.4, -0.2) is 5.11 Å². The van der Waals surface area contributed by atoms with Crippen LogP contribution in [0.5, 0.6) is 5.75 Å². The molecule has 2 aromatic rings. The van der Waals surface area contributed by atoms with E-state index in [9.17, 15) is 0 Å². The lowest BCUT2D eigenvalue weighted by atomic mass is 10.1. The van der Waals surface area contributed by atoms with Crippen LogP contribution in [0.2, 0.25) is 0 Å². The van der Waals surface area contributed by atoms with Crippen molar-refractivity contribution in [1.82, 2.24) is 0 Å². The van der Waals surface area contributed by atoms with Gasteiger partial charge in [0.2, 0.25) is 0 Å². The summed E-state index contributed by atoms with van der Waals surface area (Å²) in [4.78, 5) is 0. The van der Waals surface area contributed by atoms with Crippen molar-refractivity contribution in [2.75, 3.05) is 0 Å². The van der Waals surface area contributed by atoms with Crippen molar-refractivity contribution in [2.24, 2.45) is 0 Å². The minimum atomic E-state index is 0.322.